The van der Waals surface area contributed by atoms with E-state index in [-0.39, 0.29) is 10.7 Å². The largest absolute Gasteiger partial charge is 0.373 e. The molecule has 0 radical (unpaired) electrons. The molecule has 8 heteroatoms. The fraction of sp³-hybridized carbons (Fsp3) is 0.615. The predicted octanol–water partition coefficient (Wildman–Crippen LogP) is 2.02. The Balaban J connectivity index is 1.54. The summed E-state index contributed by atoms with van der Waals surface area (Å²) in [5.74, 6) is 0.622. The molecule has 1 saturated carbocycles. The standard InChI is InChI=1S/C13H17N5O2S/c19-18(20)12-11(15-13-17(12)7-8-21-13)16-5-3-10(4-6-16)14-9-1-2-9/h7-10,14H,1-6H2. The third-order valence-electron chi connectivity index (χ3n) is 4.24. The summed E-state index contributed by atoms with van der Waals surface area (Å²) in [7, 11) is 0. The molecule has 0 aromatic carbocycles. The van der Waals surface area contributed by atoms with Crippen molar-refractivity contribution in [1.82, 2.24) is 14.7 Å². The molecule has 0 amide bonds. The Hall–Kier alpha value is -1.67. The first-order chi connectivity index (χ1) is 10.2. The minimum atomic E-state index is -0.323. The summed E-state index contributed by atoms with van der Waals surface area (Å²) in [6, 6.07) is 1.27. The molecule has 7 nitrogen and oxygen atoms in total. The van der Waals surface area contributed by atoms with E-state index in [4.69, 9.17) is 0 Å². The van der Waals surface area contributed by atoms with Gasteiger partial charge >= 0.3 is 5.82 Å². The number of hydrogen-bond acceptors (Lipinski definition) is 6. The molecule has 1 aliphatic heterocycles. The number of nitro groups is 1. The Morgan fingerprint density at radius 2 is 2.00 bits per heavy atom. The van der Waals surface area contributed by atoms with Gasteiger partial charge in [0.05, 0.1) is 0 Å². The van der Waals surface area contributed by atoms with Crippen LogP contribution in [0.1, 0.15) is 25.7 Å². The van der Waals surface area contributed by atoms with Crippen LogP contribution in [0, 0.1) is 10.1 Å². The Morgan fingerprint density at radius 1 is 1.29 bits per heavy atom. The molecular formula is C13H17N5O2S. The number of imidazole rings is 1. The molecule has 112 valence electrons. The highest BCUT2D eigenvalue weighted by molar-refractivity contribution is 7.15. The van der Waals surface area contributed by atoms with Gasteiger partial charge in [-0.15, -0.1) is 0 Å². The fourth-order valence-corrected chi connectivity index (χ4v) is 3.69. The number of piperidine rings is 1. The van der Waals surface area contributed by atoms with Gasteiger partial charge in [0.2, 0.25) is 5.82 Å². The van der Waals surface area contributed by atoms with E-state index in [1.807, 2.05) is 5.38 Å². The second-order valence-electron chi connectivity index (χ2n) is 5.77. The first-order valence-electron chi connectivity index (χ1n) is 7.33. The second kappa shape index (κ2) is 4.96. The van der Waals surface area contributed by atoms with Gasteiger partial charge in [-0.3, -0.25) is 0 Å². The Morgan fingerprint density at radius 3 is 2.67 bits per heavy atom. The Kier molecular flexibility index (Phi) is 3.07. The van der Waals surface area contributed by atoms with Gasteiger partial charge in [-0.1, -0.05) is 11.3 Å². The first kappa shape index (κ1) is 13.0. The van der Waals surface area contributed by atoms with Crippen LogP contribution in [0.4, 0.5) is 11.6 Å². The van der Waals surface area contributed by atoms with E-state index in [9.17, 15) is 10.1 Å². The lowest BCUT2D eigenvalue weighted by Crippen LogP contribution is -2.43. The van der Waals surface area contributed by atoms with Crippen LogP contribution in [0.3, 0.4) is 0 Å². The highest BCUT2D eigenvalue weighted by Gasteiger charge is 2.32. The molecule has 0 atom stereocenters. The Labute approximate surface area is 125 Å². The molecule has 2 aromatic rings. The molecule has 1 saturated heterocycles. The zero-order chi connectivity index (χ0) is 14.4. The van der Waals surface area contributed by atoms with Crippen LogP contribution in [0.5, 0.6) is 0 Å². The minimum Gasteiger partial charge on any atom is -0.358 e. The van der Waals surface area contributed by atoms with Crippen LogP contribution < -0.4 is 10.2 Å². The van der Waals surface area contributed by atoms with E-state index in [2.05, 4.69) is 15.2 Å². The zero-order valence-corrected chi connectivity index (χ0v) is 12.4. The van der Waals surface area contributed by atoms with Crippen molar-refractivity contribution in [3.63, 3.8) is 0 Å². The molecule has 2 aliphatic rings. The maximum atomic E-state index is 11.4. The maximum Gasteiger partial charge on any atom is 0.373 e. The average Bonchev–Trinajstić information content (AvgIpc) is 3.03. The molecule has 3 heterocycles. The van der Waals surface area contributed by atoms with Crippen LogP contribution in [-0.4, -0.2) is 39.5 Å². The van der Waals surface area contributed by atoms with E-state index in [0.717, 1.165) is 25.9 Å². The molecule has 2 fully saturated rings. The van der Waals surface area contributed by atoms with Crippen LogP contribution in [-0.2, 0) is 0 Å². The first-order valence-corrected chi connectivity index (χ1v) is 8.21. The van der Waals surface area contributed by atoms with E-state index in [1.54, 1.807) is 10.6 Å². The van der Waals surface area contributed by atoms with Crippen molar-refractivity contribution < 1.29 is 4.92 Å². The van der Waals surface area contributed by atoms with E-state index in [1.165, 1.54) is 24.2 Å². The number of rotatable bonds is 4. The van der Waals surface area contributed by atoms with E-state index >= 15 is 0 Å². The molecule has 1 aliphatic carbocycles. The van der Waals surface area contributed by atoms with Gasteiger partial charge in [0, 0.05) is 30.6 Å². The molecule has 0 spiro atoms. The molecule has 4 rings (SSSR count). The van der Waals surface area contributed by atoms with Crippen molar-refractivity contribution in [2.24, 2.45) is 0 Å². The van der Waals surface area contributed by atoms with Crippen LogP contribution in [0.25, 0.3) is 4.96 Å². The lowest BCUT2D eigenvalue weighted by Gasteiger charge is -2.32. The third kappa shape index (κ3) is 2.38. The van der Waals surface area contributed by atoms with Crippen molar-refractivity contribution in [2.75, 3.05) is 18.0 Å². The summed E-state index contributed by atoms with van der Waals surface area (Å²) in [5.41, 5.74) is 0. The summed E-state index contributed by atoms with van der Waals surface area (Å²) in [5, 5.41) is 16.8. The van der Waals surface area contributed by atoms with Crippen molar-refractivity contribution >= 4 is 27.9 Å². The van der Waals surface area contributed by atoms with Crippen LogP contribution >= 0.6 is 11.3 Å². The van der Waals surface area contributed by atoms with Gasteiger partial charge in [-0.05, 0) is 30.6 Å². The lowest BCUT2D eigenvalue weighted by atomic mass is 10.1. The SMILES string of the molecule is O=[N+]([O-])c1c(N2CCC(NC3CC3)CC2)nc2sccn12. The molecular weight excluding hydrogens is 290 g/mol. The summed E-state index contributed by atoms with van der Waals surface area (Å²) >= 11 is 1.43. The summed E-state index contributed by atoms with van der Waals surface area (Å²) in [4.78, 5) is 18.3. The number of nitrogens with one attached hydrogen (secondary N) is 1. The quantitative estimate of drug-likeness (QED) is 0.691. The molecule has 1 N–H and O–H groups in total. The van der Waals surface area contributed by atoms with Gasteiger partial charge in [-0.2, -0.15) is 9.38 Å². The van der Waals surface area contributed by atoms with Crippen molar-refractivity contribution in [3.05, 3.63) is 21.7 Å². The summed E-state index contributed by atoms with van der Waals surface area (Å²) in [6.07, 6.45) is 6.36. The maximum absolute atomic E-state index is 11.4. The number of fused-ring (bicyclic) bond motifs is 1. The highest BCUT2D eigenvalue weighted by Crippen LogP contribution is 2.33. The summed E-state index contributed by atoms with van der Waals surface area (Å²) in [6.45, 7) is 1.66. The van der Waals surface area contributed by atoms with E-state index < -0.39 is 0 Å². The van der Waals surface area contributed by atoms with Gasteiger partial charge < -0.3 is 20.3 Å². The summed E-state index contributed by atoms with van der Waals surface area (Å²) < 4.78 is 1.58. The monoisotopic (exact) mass is 307 g/mol. The fourth-order valence-electron chi connectivity index (χ4n) is 2.99. The minimum absolute atomic E-state index is 0.0971. The molecule has 21 heavy (non-hydrogen) atoms. The van der Waals surface area contributed by atoms with Gasteiger partial charge in [0.15, 0.2) is 0 Å². The molecule has 0 bridgehead atoms. The number of thiazole rings is 1. The van der Waals surface area contributed by atoms with Crippen LogP contribution in [0.15, 0.2) is 11.6 Å². The van der Waals surface area contributed by atoms with Crippen LogP contribution in [0.2, 0.25) is 0 Å². The van der Waals surface area contributed by atoms with Gasteiger partial charge in [0.25, 0.3) is 4.96 Å². The number of aromatic nitrogens is 2. The smallest absolute Gasteiger partial charge is 0.358 e. The number of nitrogens with zero attached hydrogens (tertiary/aromatic N) is 4. The zero-order valence-electron chi connectivity index (χ0n) is 11.6. The van der Waals surface area contributed by atoms with Crippen molar-refractivity contribution in [2.45, 2.75) is 37.8 Å². The molecule has 2 aromatic heterocycles. The van der Waals surface area contributed by atoms with Gasteiger partial charge in [-0.25, -0.2) is 0 Å². The topological polar surface area (TPSA) is 75.7 Å². The normalized spacial score (nSPS) is 20.3. The van der Waals surface area contributed by atoms with E-state index in [0.29, 0.717) is 22.9 Å². The second-order valence-corrected chi connectivity index (χ2v) is 6.65. The predicted molar refractivity (Wildman–Crippen MR) is 81.1 cm³/mol. The van der Waals surface area contributed by atoms with Crippen molar-refractivity contribution in [3.8, 4) is 0 Å². The number of hydrogen-bond donors (Lipinski definition) is 1. The average molecular weight is 307 g/mol. The lowest BCUT2D eigenvalue weighted by molar-refractivity contribution is -0.389. The highest BCUT2D eigenvalue weighted by atomic mass is 32.1. The van der Waals surface area contributed by atoms with Gasteiger partial charge in [0.1, 0.15) is 6.20 Å². The van der Waals surface area contributed by atoms with Crippen molar-refractivity contribution in [1.29, 1.82) is 0 Å². The third-order valence-corrected chi connectivity index (χ3v) is 4.99. The Bertz CT molecular complexity index is 669. The number of anilines is 1. The molecule has 0 unspecified atom stereocenters.